The number of hydrogen-bond donors (Lipinski definition) is 0. The van der Waals surface area contributed by atoms with Gasteiger partial charge in [0.25, 0.3) is 0 Å². The monoisotopic (exact) mass is 429 g/mol. The Kier molecular flexibility index (Phi) is 5.66. The summed E-state index contributed by atoms with van der Waals surface area (Å²) in [6, 6.07) is 12.5. The third-order valence-electron chi connectivity index (χ3n) is 5.70. The van der Waals surface area contributed by atoms with E-state index in [0.29, 0.717) is 25.1 Å². The zero-order valence-corrected chi connectivity index (χ0v) is 17.8. The van der Waals surface area contributed by atoms with Crippen molar-refractivity contribution in [3.63, 3.8) is 0 Å². The van der Waals surface area contributed by atoms with Crippen molar-refractivity contribution in [2.75, 3.05) is 0 Å². The van der Waals surface area contributed by atoms with Crippen molar-refractivity contribution in [2.45, 2.75) is 49.6 Å². The van der Waals surface area contributed by atoms with E-state index in [2.05, 4.69) is 15.5 Å². The number of halogens is 1. The van der Waals surface area contributed by atoms with Crippen LogP contribution in [0.3, 0.4) is 0 Å². The number of nitrogens with zero attached hydrogens (tertiary/aromatic N) is 5. The van der Waals surface area contributed by atoms with Crippen LogP contribution in [0.2, 0.25) is 0 Å². The van der Waals surface area contributed by atoms with Crippen LogP contribution in [0.1, 0.15) is 42.3 Å². The van der Waals surface area contributed by atoms with Gasteiger partial charge in [0.15, 0.2) is 5.82 Å². The average Bonchev–Trinajstić information content (AvgIpc) is 3.33. The lowest BCUT2D eigenvalue weighted by molar-refractivity contribution is 0.311. The summed E-state index contributed by atoms with van der Waals surface area (Å²) in [4.78, 5) is 0.271. The lowest BCUT2D eigenvalue weighted by Gasteiger charge is -2.30. The van der Waals surface area contributed by atoms with Crippen molar-refractivity contribution in [1.29, 1.82) is 0 Å². The summed E-state index contributed by atoms with van der Waals surface area (Å²) >= 11 is 0. The Balaban J connectivity index is 1.68. The largest absolute Gasteiger partial charge is 0.243 e. The zero-order valence-electron chi connectivity index (χ0n) is 16.9. The molecule has 0 unspecified atom stereocenters. The van der Waals surface area contributed by atoms with E-state index in [9.17, 15) is 12.8 Å². The van der Waals surface area contributed by atoms with E-state index in [1.54, 1.807) is 52.4 Å². The molecule has 0 spiro atoms. The highest BCUT2D eigenvalue weighted by molar-refractivity contribution is 7.89. The van der Waals surface area contributed by atoms with Gasteiger partial charge in [0.1, 0.15) is 5.82 Å². The second-order valence-corrected chi connectivity index (χ2v) is 9.55. The Morgan fingerprint density at radius 2 is 1.77 bits per heavy atom. The Hall–Kier alpha value is -2.65. The van der Waals surface area contributed by atoms with Gasteiger partial charge in [-0.2, -0.15) is 4.31 Å². The minimum Gasteiger partial charge on any atom is -0.233 e. The van der Waals surface area contributed by atoms with Gasteiger partial charge in [-0.05, 0) is 66.4 Å². The summed E-state index contributed by atoms with van der Waals surface area (Å²) < 4.78 is 43.9. The molecule has 9 heteroatoms. The molecule has 0 bridgehead atoms. The molecule has 1 aliphatic rings. The van der Waals surface area contributed by atoms with Crippen LogP contribution in [0.5, 0.6) is 0 Å². The summed E-state index contributed by atoms with van der Waals surface area (Å²) in [5, 5.41) is 11.5. The number of aromatic nitrogens is 4. The second-order valence-electron chi connectivity index (χ2n) is 7.70. The van der Waals surface area contributed by atoms with Crippen LogP contribution in [-0.4, -0.2) is 39.0 Å². The maximum atomic E-state index is 13.6. The van der Waals surface area contributed by atoms with Gasteiger partial charge in [-0.15, -0.1) is 5.10 Å². The fourth-order valence-electron chi connectivity index (χ4n) is 4.08. The molecule has 0 aliphatic carbocycles. The highest BCUT2D eigenvalue weighted by Gasteiger charge is 2.42. The summed E-state index contributed by atoms with van der Waals surface area (Å²) in [5.74, 6) is 0.379. The molecule has 30 heavy (non-hydrogen) atoms. The molecule has 3 aromatic rings. The Labute approximate surface area is 175 Å². The molecule has 2 atom stereocenters. The molecule has 2 aromatic carbocycles. The first-order valence-corrected chi connectivity index (χ1v) is 11.4. The molecule has 0 saturated carbocycles. The van der Waals surface area contributed by atoms with Crippen molar-refractivity contribution in [3.05, 3.63) is 71.3 Å². The van der Waals surface area contributed by atoms with E-state index in [-0.39, 0.29) is 22.8 Å². The van der Waals surface area contributed by atoms with Gasteiger partial charge < -0.3 is 0 Å². The minimum absolute atomic E-state index is 0.192. The molecular formula is C21H24FN5O2S. The standard InChI is InChI=1S/C21H24FN5O2S/c1-15-3-11-19(12-4-15)30(28,29)27-18(10-14-21-23-24-25-26(21)2)9-13-20(27)16-5-7-17(22)8-6-16/h3-8,11-12,18,20H,9-10,13-14H2,1-2H3/t18-,20+/m1/s1. The van der Waals surface area contributed by atoms with Crippen LogP contribution in [-0.2, 0) is 23.5 Å². The van der Waals surface area contributed by atoms with Crippen LogP contribution < -0.4 is 0 Å². The van der Waals surface area contributed by atoms with E-state index in [0.717, 1.165) is 17.5 Å². The maximum Gasteiger partial charge on any atom is 0.243 e. The van der Waals surface area contributed by atoms with Crippen LogP contribution in [0.15, 0.2) is 53.4 Å². The predicted octanol–water partition coefficient (Wildman–Crippen LogP) is 3.18. The van der Waals surface area contributed by atoms with Crippen LogP contribution >= 0.6 is 0 Å². The van der Waals surface area contributed by atoms with Crippen LogP contribution in [0.25, 0.3) is 0 Å². The van der Waals surface area contributed by atoms with E-state index >= 15 is 0 Å². The van der Waals surface area contributed by atoms with Crippen LogP contribution in [0.4, 0.5) is 4.39 Å². The molecule has 0 amide bonds. The van der Waals surface area contributed by atoms with Crippen LogP contribution in [0, 0.1) is 12.7 Å². The molecule has 0 radical (unpaired) electrons. The van der Waals surface area contributed by atoms with Gasteiger partial charge in [-0.3, -0.25) is 0 Å². The van der Waals surface area contributed by atoms with E-state index in [1.807, 2.05) is 6.92 Å². The van der Waals surface area contributed by atoms with Gasteiger partial charge in [0.05, 0.1) is 10.9 Å². The number of rotatable bonds is 6. The normalized spacial score (nSPS) is 20.0. The topological polar surface area (TPSA) is 81.0 Å². The number of aryl methyl sites for hydroxylation is 3. The van der Waals surface area contributed by atoms with Crippen molar-refractivity contribution < 1.29 is 12.8 Å². The highest BCUT2D eigenvalue weighted by Crippen LogP contribution is 2.42. The first-order valence-electron chi connectivity index (χ1n) is 9.93. The molecule has 7 nitrogen and oxygen atoms in total. The third-order valence-corrected chi connectivity index (χ3v) is 7.68. The average molecular weight is 430 g/mol. The van der Waals surface area contributed by atoms with Gasteiger partial charge >= 0.3 is 0 Å². The summed E-state index contributed by atoms with van der Waals surface area (Å²) in [5.41, 5.74) is 1.80. The Morgan fingerprint density at radius 1 is 1.07 bits per heavy atom. The maximum absolute atomic E-state index is 13.6. The lowest BCUT2D eigenvalue weighted by atomic mass is 10.0. The SMILES string of the molecule is Cc1ccc(S(=O)(=O)N2[C@@H](CCc3nnnn3C)CC[C@H]2c2ccc(F)cc2)cc1. The third kappa shape index (κ3) is 3.99. The van der Waals surface area contributed by atoms with E-state index < -0.39 is 10.0 Å². The molecular weight excluding hydrogens is 405 g/mol. The lowest BCUT2D eigenvalue weighted by Crippen LogP contribution is -2.37. The highest BCUT2D eigenvalue weighted by atomic mass is 32.2. The van der Waals surface area contributed by atoms with E-state index in [4.69, 9.17) is 0 Å². The van der Waals surface area contributed by atoms with Crippen molar-refractivity contribution in [2.24, 2.45) is 7.05 Å². The van der Waals surface area contributed by atoms with Crippen molar-refractivity contribution in [3.8, 4) is 0 Å². The van der Waals surface area contributed by atoms with Crippen molar-refractivity contribution in [1.82, 2.24) is 24.5 Å². The number of tetrazole rings is 1. The summed E-state index contributed by atoms with van der Waals surface area (Å²) in [7, 11) is -1.96. The molecule has 1 aliphatic heterocycles. The molecule has 1 aromatic heterocycles. The van der Waals surface area contributed by atoms with Gasteiger partial charge in [0, 0.05) is 19.5 Å². The smallest absolute Gasteiger partial charge is 0.233 e. The minimum atomic E-state index is -3.73. The number of hydrogen-bond acceptors (Lipinski definition) is 5. The molecule has 1 fully saturated rings. The van der Waals surface area contributed by atoms with Crippen molar-refractivity contribution >= 4 is 10.0 Å². The van der Waals surface area contributed by atoms with Gasteiger partial charge in [-0.25, -0.2) is 17.5 Å². The zero-order chi connectivity index (χ0) is 21.3. The first-order chi connectivity index (χ1) is 14.4. The number of sulfonamides is 1. The number of benzene rings is 2. The Bertz CT molecular complexity index is 1110. The Morgan fingerprint density at radius 3 is 2.40 bits per heavy atom. The molecule has 4 rings (SSSR count). The summed E-state index contributed by atoms with van der Waals surface area (Å²) in [6.07, 6.45) is 2.58. The van der Waals surface area contributed by atoms with E-state index in [1.165, 1.54) is 12.1 Å². The van der Waals surface area contributed by atoms with Gasteiger partial charge in [-0.1, -0.05) is 29.8 Å². The fourth-order valence-corrected chi connectivity index (χ4v) is 5.97. The molecule has 158 valence electrons. The predicted molar refractivity (Wildman–Crippen MR) is 109 cm³/mol. The molecule has 1 saturated heterocycles. The molecule has 2 heterocycles. The fraction of sp³-hybridized carbons (Fsp3) is 0.381. The summed E-state index contributed by atoms with van der Waals surface area (Å²) in [6.45, 7) is 1.92. The van der Waals surface area contributed by atoms with Gasteiger partial charge in [0.2, 0.25) is 10.0 Å². The molecule has 0 N–H and O–H groups in total. The first kappa shape index (κ1) is 20.6. The second kappa shape index (κ2) is 8.23. The quantitative estimate of drug-likeness (QED) is 0.601.